The Morgan fingerprint density at radius 3 is 2.14 bits per heavy atom. The maximum atomic E-state index is 2.72. The third-order valence-electron chi connectivity index (χ3n) is 3.91. The minimum atomic E-state index is 0.724. The van der Waals surface area contributed by atoms with E-state index in [1.165, 1.54) is 25.8 Å². The summed E-state index contributed by atoms with van der Waals surface area (Å²) in [4.78, 5) is 2.72. The van der Waals surface area contributed by atoms with Crippen molar-refractivity contribution < 1.29 is 0 Å². The van der Waals surface area contributed by atoms with Gasteiger partial charge in [-0.25, -0.2) is 0 Å². The molecule has 1 heteroatoms. The van der Waals surface area contributed by atoms with Gasteiger partial charge in [0.25, 0.3) is 0 Å². The van der Waals surface area contributed by atoms with E-state index in [4.69, 9.17) is 0 Å². The van der Waals surface area contributed by atoms with Crippen LogP contribution >= 0.6 is 0 Å². The summed E-state index contributed by atoms with van der Waals surface area (Å²) in [5, 5.41) is 0. The lowest BCUT2D eigenvalue weighted by Crippen LogP contribution is -2.48. The molecule has 1 saturated heterocycles. The summed E-state index contributed by atoms with van der Waals surface area (Å²) < 4.78 is 0. The number of hydrogen-bond acceptors (Lipinski definition) is 1. The molecule has 0 bridgehead atoms. The van der Waals surface area contributed by atoms with Gasteiger partial charge in [0.15, 0.2) is 0 Å². The maximum Gasteiger partial charge on any atom is 0.0126 e. The molecule has 0 N–H and O–H groups in total. The summed E-state index contributed by atoms with van der Waals surface area (Å²) in [6, 6.07) is 1.56. The Kier molecular flexibility index (Phi) is 4.43. The van der Waals surface area contributed by atoms with Crippen LogP contribution in [0.1, 0.15) is 53.9 Å². The zero-order valence-corrected chi connectivity index (χ0v) is 10.6. The molecule has 1 rings (SSSR count). The monoisotopic (exact) mass is 197 g/mol. The lowest BCUT2D eigenvalue weighted by Gasteiger charge is -2.43. The average molecular weight is 197 g/mol. The van der Waals surface area contributed by atoms with Crippen LogP contribution in [0.2, 0.25) is 0 Å². The Balaban J connectivity index is 2.62. The predicted molar refractivity (Wildman–Crippen MR) is 63.5 cm³/mol. The smallest absolute Gasteiger partial charge is 0.0126 e. The van der Waals surface area contributed by atoms with E-state index >= 15 is 0 Å². The van der Waals surface area contributed by atoms with Crippen molar-refractivity contribution in [2.45, 2.75) is 66.0 Å². The van der Waals surface area contributed by atoms with Crippen LogP contribution in [-0.4, -0.2) is 23.5 Å². The van der Waals surface area contributed by atoms with Crippen LogP contribution in [-0.2, 0) is 0 Å². The van der Waals surface area contributed by atoms with Crippen LogP contribution in [0.4, 0.5) is 0 Å². The SMILES string of the molecule is CC(C)[C@@H](C)[C@@H]1CCCCN1C(C)C. The summed E-state index contributed by atoms with van der Waals surface area (Å²) in [7, 11) is 0. The van der Waals surface area contributed by atoms with Gasteiger partial charge >= 0.3 is 0 Å². The van der Waals surface area contributed by atoms with E-state index in [9.17, 15) is 0 Å². The van der Waals surface area contributed by atoms with E-state index in [1.807, 2.05) is 0 Å². The molecule has 84 valence electrons. The van der Waals surface area contributed by atoms with Crippen LogP contribution in [0.3, 0.4) is 0 Å². The molecule has 0 radical (unpaired) electrons. The molecule has 0 spiro atoms. The first kappa shape index (κ1) is 12.0. The third kappa shape index (κ3) is 2.73. The number of piperidine rings is 1. The standard InChI is InChI=1S/C13H27N/c1-10(2)12(5)13-8-6-7-9-14(13)11(3)4/h10-13H,6-9H2,1-5H3/t12-,13+/m1/s1. The molecule has 1 nitrogen and oxygen atoms in total. The van der Waals surface area contributed by atoms with E-state index in [1.54, 1.807) is 0 Å². The second kappa shape index (κ2) is 5.16. The fraction of sp³-hybridized carbons (Fsp3) is 1.00. The van der Waals surface area contributed by atoms with Crippen molar-refractivity contribution in [2.24, 2.45) is 11.8 Å². The molecule has 0 aliphatic carbocycles. The Labute approximate surface area is 89.9 Å². The van der Waals surface area contributed by atoms with E-state index in [0.29, 0.717) is 0 Å². The van der Waals surface area contributed by atoms with Crippen molar-refractivity contribution in [1.29, 1.82) is 0 Å². The first-order chi connectivity index (χ1) is 6.54. The zero-order valence-electron chi connectivity index (χ0n) is 10.6. The molecule has 1 fully saturated rings. The van der Waals surface area contributed by atoms with E-state index in [2.05, 4.69) is 39.5 Å². The molecule has 0 saturated carbocycles. The molecule has 1 aliphatic rings. The molecule has 0 aromatic heterocycles. The molecule has 1 heterocycles. The Bertz CT molecular complexity index is 163. The van der Waals surface area contributed by atoms with Gasteiger partial charge in [-0.1, -0.05) is 27.2 Å². The maximum absolute atomic E-state index is 2.72. The van der Waals surface area contributed by atoms with E-state index in [-0.39, 0.29) is 0 Å². The second-order valence-electron chi connectivity index (χ2n) is 5.50. The van der Waals surface area contributed by atoms with Gasteiger partial charge in [-0.15, -0.1) is 0 Å². The van der Waals surface area contributed by atoms with Crippen molar-refractivity contribution in [2.75, 3.05) is 6.54 Å². The normalized spacial score (nSPS) is 27.2. The fourth-order valence-electron chi connectivity index (χ4n) is 2.63. The molecule has 0 aromatic rings. The number of rotatable bonds is 3. The van der Waals surface area contributed by atoms with Crippen LogP contribution in [0.25, 0.3) is 0 Å². The Hall–Kier alpha value is -0.0400. The quantitative estimate of drug-likeness (QED) is 0.669. The highest BCUT2D eigenvalue weighted by Gasteiger charge is 2.29. The molecular formula is C13H27N. The van der Waals surface area contributed by atoms with E-state index < -0.39 is 0 Å². The molecule has 0 unspecified atom stereocenters. The van der Waals surface area contributed by atoms with Crippen LogP contribution < -0.4 is 0 Å². The zero-order chi connectivity index (χ0) is 10.7. The predicted octanol–water partition coefficient (Wildman–Crippen LogP) is 3.54. The van der Waals surface area contributed by atoms with Gasteiger partial charge in [0, 0.05) is 12.1 Å². The van der Waals surface area contributed by atoms with Gasteiger partial charge in [0.1, 0.15) is 0 Å². The van der Waals surface area contributed by atoms with Gasteiger partial charge in [-0.2, -0.15) is 0 Å². The molecule has 14 heavy (non-hydrogen) atoms. The topological polar surface area (TPSA) is 3.24 Å². The van der Waals surface area contributed by atoms with Crippen molar-refractivity contribution in [3.8, 4) is 0 Å². The van der Waals surface area contributed by atoms with Crippen molar-refractivity contribution in [3.63, 3.8) is 0 Å². The fourth-order valence-corrected chi connectivity index (χ4v) is 2.63. The van der Waals surface area contributed by atoms with Crippen molar-refractivity contribution >= 4 is 0 Å². The minimum absolute atomic E-state index is 0.724. The van der Waals surface area contributed by atoms with Gasteiger partial charge in [-0.3, -0.25) is 4.90 Å². The molecule has 0 aromatic carbocycles. The molecule has 0 amide bonds. The second-order valence-corrected chi connectivity index (χ2v) is 5.50. The van der Waals surface area contributed by atoms with Crippen molar-refractivity contribution in [1.82, 2.24) is 4.90 Å². The summed E-state index contributed by atoms with van der Waals surface area (Å²) in [5.41, 5.74) is 0. The van der Waals surface area contributed by atoms with Crippen LogP contribution in [0.5, 0.6) is 0 Å². The summed E-state index contributed by atoms with van der Waals surface area (Å²) >= 11 is 0. The van der Waals surface area contributed by atoms with Crippen molar-refractivity contribution in [3.05, 3.63) is 0 Å². The third-order valence-corrected chi connectivity index (χ3v) is 3.91. The molecular weight excluding hydrogens is 170 g/mol. The lowest BCUT2D eigenvalue weighted by molar-refractivity contribution is 0.0597. The number of hydrogen-bond donors (Lipinski definition) is 0. The summed E-state index contributed by atoms with van der Waals surface area (Å²) in [6.45, 7) is 13.1. The first-order valence-corrected chi connectivity index (χ1v) is 6.29. The van der Waals surface area contributed by atoms with Gasteiger partial charge in [-0.05, 0) is 45.1 Å². The highest BCUT2D eigenvalue weighted by atomic mass is 15.2. The highest BCUT2D eigenvalue weighted by molar-refractivity contribution is 4.84. The summed E-state index contributed by atoms with van der Waals surface area (Å²) in [5.74, 6) is 1.66. The number of nitrogens with zero attached hydrogens (tertiary/aromatic N) is 1. The van der Waals surface area contributed by atoms with Crippen LogP contribution in [0.15, 0.2) is 0 Å². The molecule has 1 aliphatic heterocycles. The number of likely N-dealkylation sites (tertiary alicyclic amines) is 1. The Morgan fingerprint density at radius 2 is 1.64 bits per heavy atom. The van der Waals surface area contributed by atoms with Gasteiger partial charge in [0.2, 0.25) is 0 Å². The Morgan fingerprint density at radius 1 is 1.00 bits per heavy atom. The largest absolute Gasteiger partial charge is 0.298 e. The minimum Gasteiger partial charge on any atom is -0.298 e. The summed E-state index contributed by atoms with van der Waals surface area (Å²) in [6.07, 6.45) is 4.25. The average Bonchev–Trinajstić information content (AvgIpc) is 2.16. The molecule has 2 atom stereocenters. The van der Waals surface area contributed by atoms with Crippen LogP contribution in [0, 0.1) is 11.8 Å². The highest BCUT2D eigenvalue weighted by Crippen LogP contribution is 2.28. The van der Waals surface area contributed by atoms with Gasteiger partial charge < -0.3 is 0 Å². The lowest BCUT2D eigenvalue weighted by atomic mass is 9.84. The van der Waals surface area contributed by atoms with Gasteiger partial charge in [0.05, 0.1) is 0 Å². The van der Waals surface area contributed by atoms with E-state index in [0.717, 1.165) is 23.9 Å². The first-order valence-electron chi connectivity index (χ1n) is 6.29.